The molecule has 7 aromatic carbocycles. The van der Waals surface area contributed by atoms with Crippen molar-refractivity contribution in [2.75, 3.05) is 0 Å². The molecule has 0 radical (unpaired) electrons. The SMILES string of the molecule is c1ccc(-c2nc(-c3ccccc3)nc(-c3cccc4sc5c(-c6nc(-c7ccc8c(c7)sc7ccccc78)nc7c6oc6ccccc67)cccc5c34)n2)cc1. The van der Waals surface area contributed by atoms with Gasteiger partial charge in [-0.25, -0.2) is 24.9 Å². The number of nitrogens with zero attached hydrogens (tertiary/aromatic N) is 5. The topological polar surface area (TPSA) is 77.6 Å². The lowest BCUT2D eigenvalue weighted by molar-refractivity contribution is 0.667. The van der Waals surface area contributed by atoms with E-state index >= 15 is 0 Å². The molecule has 8 heteroatoms. The van der Waals surface area contributed by atoms with Gasteiger partial charge in [-0.1, -0.05) is 133 Å². The van der Waals surface area contributed by atoms with E-state index in [0.29, 0.717) is 28.9 Å². The summed E-state index contributed by atoms with van der Waals surface area (Å²) in [7, 11) is 0. The van der Waals surface area contributed by atoms with E-state index in [4.69, 9.17) is 29.3 Å². The lowest BCUT2D eigenvalue weighted by atomic mass is 10.0. The fourth-order valence-electron chi connectivity index (χ4n) is 7.92. The van der Waals surface area contributed by atoms with Crippen molar-refractivity contribution in [3.05, 3.63) is 164 Å². The van der Waals surface area contributed by atoms with Crippen molar-refractivity contribution in [3.8, 4) is 56.8 Å². The Hall–Kier alpha value is -7.13. The number of rotatable bonds is 5. The van der Waals surface area contributed by atoms with Crippen molar-refractivity contribution in [2.45, 2.75) is 0 Å². The molecule has 12 rings (SSSR count). The molecule has 0 aliphatic carbocycles. The Kier molecular flexibility index (Phi) is 7.17. The Labute approximate surface area is 333 Å². The number of furan rings is 1. The fraction of sp³-hybridized carbons (Fsp3) is 0. The molecule has 0 bridgehead atoms. The van der Waals surface area contributed by atoms with Crippen LogP contribution in [0.5, 0.6) is 0 Å². The molecule has 57 heavy (non-hydrogen) atoms. The van der Waals surface area contributed by atoms with Gasteiger partial charge in [-0.05, 0) is 30.3 Å². The largest absolute Gasteiger partial charge is 0.452 e. The van der Waals surface area contributed by atoms with Gasteiger partial charge in [0.15, 0.2) is 28.9 Å². The smallest absolute Gasteiger partial charge is 0.180 e. The maximum Gasteiger partial charge on any atom is 0.180 e. The highest BCUT2D eigenvalue weighted by atomic mass is 32.1. The van der Waals surface area contributed by atoms with Gasteiger partial charge in [0.1, 0.15) is 16.8 Å². The minimum absolute atomic E-state index is 0.624. The predicted molar refractivity (Wildman–Crippen MR) is 236 cm³/mol. The molecule has 0 saturated carbocycles. The van der Waals surface area contributed by atoms with E-state index in [1.54, 1.807) is 22.7 Å². The third-order valence-electron chi connectivity index (χ3n) is 10.6. The van der Waals surface area contributed by atoms with Gasteiger partial charge in [0.25, 0.3) is 0 Å². The standard InChI is InChI=1S/C49H27N5OS2/c1-3-13-28(14-4-1)46-52-47(29-15-5-2-6-16-29)54-49(53-46)35-20-12-24-39-41(35)34-19-11-21-36(45(34)57-39)43-44-42(33-18-7-9-22-37(33)55-44)50-48(51-43)30-25-26-32-31-17-8-10-23-38(31)56-40(32)27-30/h1-27H. The van der Waals surface area contributed by atoms with Crippen LogP contribution in [-0.4, -0.2) is 24.9 Å². The normalized spacial score (nSPS) is 11.9. The highest BCUT2D eigenvalue weighted by Gasteiger charge is 2.23. The Morgan fingerprint density at radius 1 is 0.386 bits per heavy atom. The van der Waals surface area contributed by atoms with E-state index in [9.17, 15) is 0 Å². The van der Waals surface area contributed by atoms with E-state index in [1.165, 1.54) is 20.2 Å². The Morgan fingerprint density at radius 3 is 1.81 bits per heavy atom. The average Bonchev–Trinajstić information content (AvgIpc) is 3.98. The van der Waals surface area contributed by atoms with Gasteiger partial charge in [0.05, 0.1) is 0 Å². The molecule has 0 aliphatic heterocycles. The molecule has 0 saturated heterocycles. The number of thiophene rings is 2. The number of hydrogen-bond acceptors (Lipinski definition) is 8. The molecule has 0 atom stereocenters. The second-order valence-electron chi connectivity index (χ2n) is 14.0. The number of para-hydroxylation sites is 1. The maximum atomic E-state index is 6.62. The summed E-state index contributed by atoms with van der Waals surface area (Å²) in [6.07, 6.45) is 0. The van der Waals surface area contributed by atoms with Gasteiger partial charge >= 0.3 is 0 Å². The molecular formula is C49H27N5OS2. The van der Waals surface area contributed by atoms with Crippen LogP contribution in [0.4, 0.5) is 0 Å². The zero-order chi connectivity index (χ0) is 37.5. The van der Waals surface area contributed by atoms with Crippen LogP contribution in [0.25, 0.3) is 119 Å². The number of hydrogen-bond donors (Lipinski definition) is 0. The van der Waals surface area contributed by atoms with Crippen LogP contribution in [0.3, 0.4) is 0 Å². The first-order valence-corrected chi connectivity index (χ1v) is 20.3. The maximum absolute atomic E-state index is 6.62. The summed E-state index contributed by atoms with van der Waals surface area (Å²) in [6, 6.07) is 56.2. The first kappa shape index (κ1) is 32.1. The highest BCUT2D eigenvalue weighted by molar-refractivity contribution is 7.26. The minimum Gasteiger partial charge on any atom is -0.452 e. The lowest BCUT2D eigenvalue weighted by Crippen LogP contribution is -2.00. The summed E-state index contributed by atoms with van der Waals surface area (Å²) >= 11 is 3.54. The molecule has 5 heterocycles. The van der Waals surface area contributed by atoms with Crippen LogP contribution >= 0.6 is 22.7 Å². The van der Waals surface area contributed by atoms with E-state index < -0.39 is 0 Å². The van der Waals surface area contributed by atoms with Gasteiger partial charge < -0.3 is 4.42 Å². The summed E-state index contributed by atoms with van der Waals surface area (Å²) < 4.78 is 11.3. The van der Waals surface area contributed by atoms with E-state index in [1.807, 2.05) is 78.9 Å². The van der Waals surface area contributed by atoms with Crippen molar-refractivity contribution in [1.29, 1.82) is 0 Å². The molecule has 0 spiro atoms. The summed E-state index contributed by atoms with van der Waals surface area (Å²) in [4.78, 5) is 25.7. The van der Waals surface area contributed by atoms with Crippen molar-refractivity contribution in [3.63, 3.8) is 0 Å². The molecule has 5 aromatic heterocycles. The van der Waals surface area contributed by atoms with Crippen LogP contribution in [0.1, 0.15) is 0 Å². The Bertz CT molecular complexity index is 3480. The first-order valence-electron chi connectivity index (χ1n) is 18.7. The van der Waals surface area contributed by atoms with E-state index in [2.05, 4.69) is 84.9 Å². The molecule has 0 amide bonds. The predicted octanol–water partition coefficient (Wildman–Crippen LogP) is 13.6. The quantitative estimate of drug-likeness (QED) is 0.174. The summed E-state index contributed by atoms with van der Waals surface area (Å²) in [5, 5.41) is 5.66. The number of benzene rings is 7. The summed E-state index contributed by atoms with van der Waals surface area (Å²) in [5.74, 6) is 2.55. The summed E-state index contributed by atoms with van der Waals surface area (Å²) in [6.45, 7) is 0. The van der Waals surface area contributed by atoms with Gasteiger partial charge in [0.2, 0.25) is 0 Å². The second kappa shape index (κ2) is 12.7. The molecule has 266 valence electrons. The van der Waals surface area contributed by atoms with Crippen molar-refractivity contribution in [1.82, 2.24) is 24.9 Å². The molecule has 0 aliphatic rings. The second-order valence-corrected chi connectivity index (χ2v) is 16.1. The third-order valence-corrected chi connectivity index (χ3v) is 12.9. The molecule has 0 N–H and O–H groups in total. The molecular weight excluding hydrogens is 739 g/mol. The van der Waals surface area contributed by atoms with Gasteiger partial charge in [-0.3, -0.25) is 0 Å². The minimum atomic E-state index is 0.624. The Morgan fingerprint density at radius 2 is 1.00 bits per heavy atom. The third kappa shape index (κ3) is 5.19. The number of aromatic nitrogens is 5. The van der Waals surface area contributed by atoms with Gasteiger partial charge in [0, 0.05) is 73.5 Å². The van der Waals surface area contributed by atoms with Crippen LogP contribution in [0, 0.1) is 0 Å². The highest BCUT2D eigenvalue weighted by Crippen LogP contribution is 2.46. The van der Waals surface area contributed by atoms with E-state index in [0.717, 1.165) is 70.2 Å². The van der Waals surface area contributed by atoms with Crippen LogP contribution in [-0.2, 0) is 0 Å². The van der Waals surface area contributed by atoms with E-state index in [-0.39, 0.29) is 0 Å². The van der Waals surface area contributed by atoms with Crippen molar-refractivity contribution in [2.24, 2.45) is 0 Å². The van der Waals surface area contributed by atoms with Crippen molar-refractivity contribution < 1.29 is 4.42 Å². The summed E-state index contributed by atoms with van der Waals surface area (Å²) in [5.41, 5.74) is 7.78. The molecule has 0 unspecified atom stereocenters. The van der Waals surface area contributed by atoms with Gasteiger partial charge in [-0.2, -0.15) is 0 Å². The zero-order valence-corrected chi connectivity index (χ0v) is 31.7. The van der Waals surface area contributed by atoms with Crippen LogP contribution in [0.2, 0.25) is 0 Å². The fourth-order valence-corrected chi connectivity index (χ4v) is 10.3. The molecule has 6 nitrogen and oxygen atoms in total. The number of fused-ring (bicyclic) bond motifs is 9. The zero-order valence-electron chi connectivity index (χ0n) is 30.0. The monoisotopic (exact) mass is 765 g/mol. The lowest BCUT2D eigenvalue weighted by Gasteiger charge is -2.10. The van der Waals surface area contributed by atoms with Crippen LogP contribution in [0.15, 0.2) is 168 Å². The first-order chi connectivity index (χ1) is 28.2. The molecule has 0 fully saturated rings. The van der Waals surface area contributed by atoms with Crippen LogP contribution < -0.4 is 0 Å². The van der Waals surface area contributed by atoms with Crippen molar-refractivity contribution >= 4 is 85.1 Å². The average molecular weight is 766 g/mol. The van der Waals surface area contributed by atoms with Gasteiger partial charge in [-0.15, -0.1) is 22.7 Å². The Balaban J connectivity index is 1.09. The molecule has 12 aromatic rings.